The lowest BCUT2D eigenvalue weighted by Crippen LogP contribution is -1.94. The second-order valence-corrected chi connectivity index (χ2v) is 6.46. The second kappa shape index (κ2) is 7.13. The highest BCUT2D eigenvalue weighted by Crippen LogP contribution is 2.09. The minimum absolute atomic E-state index is 0.481. The van der Waals surface area contributed by atoms with Crippen molar-refractivity contribution in [2.45, 2.75) is 9.79 Å². The number of aromatic nitrogens is 2. The molecule has 4 nitrogen and oxygen atoms in total. The van der Waals surface area contributed by atoms with E-state index in [0.29, 0.717) is 4.90 Å². The van der Waals surface area contributed by atoms with Gasteiger partial charge < -0.3 is 0 Å². The van der Waals surface area contributed by atoms with Gasteiger partial charge in [0, 0.05) is 35.9 Å². The molecule has 6 heteroatoms. The van der Waals surface area contributed by atoms with E-state index in [9.17, 15) is 4.21 Å². The molecule has 2 heterocycles. The molecule has 1 atom stereocenters. The van der Waals surface area contributed by atoms with Crippen LogP contribution >= 0.6 is 11.8 Å². The molecule has 0 saturated carbocycles. The minimum Gasteiger partial charge on any atom is -0.264 e. The van der Waals surface area contributed by atoms with Gasteiger partial charge in [0.25, 0.3) is 0 Å². The van der Waals surface area contributed by atoms with Crippen molar-refractivity contribution < 1.29 is 4.21 Å². The molecule has 2 rings (SSSR count). The molecule has 0 aliphatic heterocycles. The predicted molar refractivity (Wildman–Crippen MR) is 75.3 cm³/mol. The Morgan fingerprint density at radius 3 is 2.06 bits per heavy atom. The summed E-state index contributed by atoms with van der Waals surface area (Å²) in [5.41, 5.74) is 0. The van der Waals surface area contributed by atoms with Crippen molar-refractivity contribution in [2.75, 3.05) is 12.5 Å². The van der Waals surface area contributed by atoms with Crippen LogP contribution in [0.3, 0.4) is 0 Å². The van der Waals surface area contributed by atoms with E-state index in [1.165, 1.54) is 17.3 Å². The van der Waals surface area contributed by atoms with E-state index in [4.69, 9.17) is 4.78 Å². The SMILES string of the molecule is CS(=N)(=O)c1cccnc1.CSc1cccnc1. The molecular formula is C12H15N3OS2. The van der Waals surface area contributed by atoms with Gasteiger partial charge in [-0.05, 0) is 30.5 Å². The zero-order valence-corrected chi connectivity index (χ0v) is 11.9. The number of pyridine rings is 2. The quantitative estimate of drug-likeness (QED) is 0.859. The van der Waals surface area contributed by atoms with Crippen molar-refractivity contribution in [3.8, 4) is 0 Å². The predicted octanol–water partition coefficient (Wildman–Crippen LogP) is 2.92. The Hall–Kier alpha value is -1.40. The first-order valence-corrected chi connectivity index (χ1v) is 8.31. The number of nitrogens with one attached hydrogen (secondary N) is 1. The summed E-state index contributed by atoms with van der Waals surface area (Å²) >= 11 is 1.71. The van der Waals surface area contributed by atoms with Crippen LogP contribution in [0.4, 0.5) is 0 Å². The van der Waals surface area contributed by atoms with Crippen molar-refractivity contribution in [2.24, 2.45) is 0 Å². The van der Waals surface area contributed by atoms with Gasteiger partial charge in [0.15, 0.2) is 0 Å². The summed E-state index contributed by atoms with van der Waals surface area (Å²) in [5, 5.41) is 0. The number of rotatable bonds is 2. The molecule has 0 fully saturated rings. The topological polar surface area (TPSA) is 66.7 Å². The summed E-state index contributed by atoms with van der Waals surface area (Å²) in [6.45, 7) is 0. The molecule has 2 aromatic rings. The van der Waals surface area contributed by atoms with Gasteiger partial charge in [0.05, 0.1) is 14.6 Å². The zero-order chi connectivity index (χ0) is 13.4. The smallest absolute Gasteiger partial charge is 0.0712 e. The fourth-order valence-electron chi connectivity index (χ4n) is 1.05. The summed E-state index contributed by atoms with van der Waals surface area (Å²) in [4.78, 5) is 9.38. The largest absolute Gasteiger partial charge is 0.264 e. The fourth-order valence-corrected chi connectivity index (χ4v) is 2.03. The molecular weight excluding hydrogens is 266 g/mol. The van der Waals surface area contributed by atoms with E-state index in [1.807, 2.05) is 24.6 Å². The molecule has 0 amide bonds. The van der Waals surface area contributed by atoms with Gasteiger partial charge in [-0.1, -0.05) is 0 Å². The highest BCUT2D eigenvalue weighted by Gasteiger charge is 1.99. The molecule has 0 spiro atoms. The Morgan fingerprint density at radius 2 is 1.78 bits per heavy atom. The van der Waals surface area contributed by atoms with Crippen LogP contribution < -0.4 is 0 Å². The van der Waals surface area contributed by atoms with Crippen LogP contribution in [0.15, 0.2) is 58.8 Å². The average molecular weight is 281 g/mol. The third-order valence-electron chi connectivity index (χ3n) is 1.95. The second-order valence-electron chi connectivity index (χ2n) is 3.43. The normalized spacial score (nSPS) is 13.0. The van der Waals surface area contributed by atoms with E-state index >= 15 is 0 Å². The Balaban J connectivity index is 0.000000184. The van der Waals surface area contributed by atoms with Crippen molar-refractivity contribution in [1.82, 2.24) is 9.97 Å². The molecule has 96 valence electrons. The van der Waals surface area contributed by atoms with Crippen molar-refractivity contribution >= 4 is 21.5 Å². The number of nitrogens with zero attached hydrogens (tertiary/aromatic N) is 2. The molecule has 0 aliphatic carbocycles. The number of hydrogen-bond donors (Lipinski definition) is 1. The zero-order valence-electron chi connectivity index (χ0n) is 10.2. The van der Waals surface area contributed by atoms with Gasteiger partial charge in [0.2, 0.25) is 0 Å². The maximum Gasteiger partial charge on any atom is 0.0712 e. The van der Waals surface area contributed by atoms with Crippen LogP contribution in [0.2, 0.25) is 0 Å². The van der Waals surface area contributed by atoms with E-state index < -0.39 is 9.73 Å². The molecule has 2 aromatic heterocycles. The lowest BCUT2D eigenvalue weighted by molar-refractivity contribution is 0.678. The van der Waals surface area contributed by atoms with Crippen molar-refractivity contribution in [3.05, 3.63) is 49.1 Å². The Morgan fingerprint density at radius 1 is 1.17 bits per heavy atom. The van der Waals surface area contributed by atoms with Gasteiger partial charge in [-0.15, -0.1) is 11.8 Å². The summed E-state index contributed by atoms with van der Waals surface area (Å²) in [6, 6.07) is 7.29. The fraction of sp³-hybridized carbons (Fsp3) is 0.167. The Kier molecular flexibility index (Phi) is 5.80. The summed E-state index contributed by atoms with van der Waals surface area (Å²) < 4.78 is 18.2. The van der Waals surface area contributed by atoms with Gasteiger partial charge in [0.1, 0.15) is 0 Å². The third kappa shape index (κ3) is 5.29. The van der Waals surface area contributed by atoms with Gasteiger partial charge >= 0.3 is 0 Å². The highest BCUT2D eigenvalue weighted by atomic mass is 32.2. The van der Waals surface area contributed by atoms with Crippen LogP contribution in [0.5, 0.6) is 0 Å². The summed E-state index contributed by atoms with van der Waals surface area (Å²) in [7, 11) is -2.57. The molecule has 18 heavy (non-hydrogen) atoms. The van der Waals surface area contributed by atoms with Crippen LogP contribution in [-0.2, 0) is 9.73 Å². The van der Waals surface area contributed by atoms with E-state index in [1.54, 1.807) is 36.3 Å². The molecule has 0 aromatic carbocycles. The first kappa shape index (κ1) is 14.7. The maximum absolute atomic E-state index is 11.0. The van der Waals surface area contributed by atoms with Gasteiger partial charge in [-0.25, -0.2) is 8.99 Å². The van der Waals surface area contributed by atoms with E-state index in [2.05, 4.69) is 9.97 Å². The maximum atomic E-state index is 11.0. The Labute approximate surface area is 112 Å². The van der Waals surface area contributed by atoms with E-state index in [-0.39, 0.29) is 0 Å². The number of hydrogen-bond acceptors (Lipinski definition) is 5. The molecule has 0 radical (unpaired) electrons. The lowest BCUT2D eigenvalue weighted by Gasteiger charge is -1.96. The average Bonchev–Trinajstić information content (AvgIpc) is 2.40. The molecule has 1 unspecified atom stereocenters. The summed E-state index contributed by atoms with van der Waals surface area (Å²) in [5.74, 6) is 0. The van der Waals surface area contributed by atoms with Crippen molar-refractivity contribution in [1.29, 1.82) is 4.78 Å². The van der Waals surface area contributed by atoms with Gasteiger partial charge in [-0.2, -0.15) is 0 Å². The van der Waals surface area contributed by atoms with Gasteiger partial charge in [-0.3, -0.25) is 9.97 Å². The minimum atomic E-state index is -2.57. The lowest BCUT2D eigenvalue weighted by atomic mass is 10.5. The summed E-state index contributed by atoms with van der Waals surface area (Å²) in [6.07, 6.45) is 10.1. The Bertz CT molecular complexity index is 556. The molecule has 0 aliphatic rings. The van der Waals surface area contributed by atoms with Crippen LogP contribution in [0, 0.1) is 4.78 Å². The van der Waals surface area contributed by atoms with Crippen LogP contribution in [0.1, 0.15) is 0 Å². The molecule has 0 saturated heterocycles. The monoisotopic (exact) mass is 281 g/mol. The van der Waals surface area contributed by atoms with Crippen LogP contribution in [-0.4, -0.2) is 26.7 Å². The number of thioether (sulfide) groups is 1. The standard InChI is InChI=1S/C6H8N2OS.C6H7NS/c1-10(7,9)6-3-2-4-8-5-6;1-8-6-3-2-4-7-5-6/h2-5,7H,1H3;2-5H,1H3. The van der Waals surface area contributed by atoms with Crippen molar-refractivity contribution in [3.63, 3.8) is 0 Å². The molecule has 0 bridgehead atoms. The van der Waals surface area contributed by atoms with Crippen LogP contribution in [0.25, 0.3) is 0 Å². The first-order chi connectivity index (χ1) is 8.54. The van der Waals surface area contributed by atoms with E-state index in [0.717, 1.165) is 0 Å². The highest BCUT2D eigenvalue weighted by molar-refractivity contribution is 7.98. The molecule has 1 N–H and O–H groups in total. The first-order valence-electron chi connectivity index (χ1n) is 5.12. The third-order valence-corrected chi connectivity index (χ3v) is 3.81.